The first-order valence-electron chi connectivity index (χ1n) is 11.6. The Morgan fingerprint density at radius 3 is 2.65 bits per heavy atom. The third kappa shape index (κ3) is 2.78. The number of esters is 1. The van der Waals surface area contributed by atoms with Crippen molar-refractivity contribution in [1.82, 2.24) is 4.90 Å². The van der Waals surface area contributed by atoms with Crippen molar-refractivity contribution >= 4 is 11.8 Å². The van der Waals surface area contributed by atoms with Crippen LogP contribution in [-0.2, 0) is 19.0 Å². The van der Waals surface area contributed by atoms with Gasteiger partial charge in [-0.3, -0.25) is 14.5 Å². The highest BCUT2D eigenvalue weighted by atomic mass is 16.7. The van der Waals surface area contributed by atoms with Gasteiger partial charge in [-0.15, -0.1) is 0 Å². The van der Waals surface area contributed by atoms with Crippen molar-refractivity contribution in [2.24, 2.45) is 0 Å². The van der Waals surface area contributed by atoms with Gasteiger partial charge in [0.05, 0.1) is 31.8 Å². The molecule has 0 aromatic heterocycles. The lowest BCUT2D eigenvalue weighted by atomic mass is 9.64. The predicted molar refractivity (Wildman–Crippen MR) is 116 cm³/mol. The van der Waals surface area contributed by atoms with Crippen LogP contribution in [0.2, 0.25) is 0 Å². The van der Waals surface area contributed by atoms with Crippen molar-refractivity contribution in [3.63, 3.8) is 0 Å². The molecule has 3 saturated heterocycles. The van der Waals surface area contributed by atoms with E-state index in [2.05, 4.69) is 0 Å². The fraction of sp³-hybridized carbons (Fsp3) is 0.667. The monoisotopic (exact) mass is 477 g/mol. The Morgan fingerprint density at radius 1 is 1.32 bits per heavy atom. The molecule has 0 radical (unpaired) electrons. The van der Waals surface area contributed by atoms with Crippen LogP contribution in [0.25, 0.3) is 0 Å². The Morgan fingerprint density at radius 2 is 2.03 bits per heavy atom. The van der Waals surface area contributed by atoms with Crippen LogP contribution in [0.4, 0.5) is 0 Å². The Labute approximate surface area is 197 Å². The lowest BCUT2D eigenvalue weighted by molar-refractivity contribution is -0.164. The van der Waals surface area contributed by atoms with Crippen LogP contribution in [-0.4, -0.2) is 92.9 Å². The molecule has 4 N–H and O–H groups in total. The van der Waals surface area contributed by atoms with E-state index >= 15 is 0 Å². The lowest BCUT2D eigenvalue weighted by Crippen LogP contribution is -2.63. The van der Waals surface area contributed by atoms with Gasteiger partial charge in [-0.05, 0) is 45.4 Å². The zero-order valence-electron chi connectivity index (χ0n) is 19.6. The van der Waals surface area contributed by atoms with Crippen LogP contribution in [0.5, 0.6) is 5.75 Å². The van der Waals surface area contributed by atoms with E-state index in [4.69, 9.17) is 14.2 Å². The summed E-state index contributed by atoms with van der Waals surface area (Å²) in [5.41, 5.74) is -2.62. The fourth-order valence-corrected chi connectivity index (χ4v) is 6.62. The van der Waals surface area contributed by atoms with E-state index in [1.165, 1.54) is 13.2 Å². The van der Waals surface area contributed by atoms with Gasteiger partial charge in [0, 0.05) is 23.2 Å². The third-order valence-electron chi connectivity index (χ3n) is 8.38. The first-order valence-corrected chi connectivity index (χ1v) is 11.6. The number of hydrogen-bond acceptors (Lipinski definition) is 10. The summed E-state index contributed by atoms with van der Waals surface area (Å²) in [6, 6.07) is 2.75. The first kappa shape index (κ1) is 23.7. The molecule has 0 saturated carbocycles. The summed E-state index contributed by atoms with van der Waals surface area (Å²) in [5.74, 6) is -1.41. The molecule has 1 aliphatic carbocycles. The molecular weight excluding hydrogens is 446 g/mol. The molecule has 2 unspecified atom stereocenters. The topological polar surface area (TPSA) is 149 Å². The maximum atomic E-state index is 14.1. The SMILES string of the molecule is COC(=O)C[C@H]1O[C@H](C)C23OC2(C(=O)c2c([C@H]4CC[C@H]([C@H](C)O)N4C)ccc(O)c2[C@@H]3O)[C@H]1O. The number of phenols is 1. The fourth-order valence-electron chi connectivity index (χ4n) is 6.62. The number of likely N-dealkylation sites (tertiary alicyclic amines) is 1. The minimum atomic E-state index is -1.81. The molecule has 186 valence electrons. The molecule has 3 fully saturated rings. The van der Waals surface area contributed by atoms with Crippen LogP contribution in [0.3, 0.4) is 0 Å². The number of benzene rings is 1. The second-order valence-electron chi connectivity index (χ2n) is 9.93. The summed E-state index contributed by atoms with van der Waals surface area (Å²) in [5, 5.41) is 43.6. The molecule has 3 heterocycles. The van der Waals surface area contributed by atoms with Gasteiger partial charge in [0.25, 0.3) is 0 Å². The summed E-state index contributed by atoms with van der Waals surface area (Å²) >= 11 is 0. The van der Waals surface area contributed by atoms with E-state index in [1.807, 2.05) is 11.9 Å². The predicted octanol–water partition coefficient (Wildman–Crippen LogP) is 0.357. The number of ether oxygens (including phenoxy) is 3. The van der Waals surface area contributed by atoms with Gasteiger partial charge < -0.3 is 34.6 Å². The number of phenolic OH excluding ortho intramolecular Hbond substituents is 1. The molecular formula is C24H31NO9. The Kier molecular flexibility index (Phi) is 5.36. The number of carbonyl (C=O) groups is 2. The summed E-state index contributed by atoms with van der Waals surface area (Å²) in [6.07, 6.45) is -4.36. The highest BCUT2D eigenvalue weighted by molar-refractivity contribution is 6.11. The van der Waals surface area contributed by atoms with Crippen molar-refractivity contribution in [2.75, 3.05) is 14.2 Å². The number of ketones is 1. The van der Waals surface area contributed by atoms with Crippen LogP contribution >= 0.6 is 0 Å². The second-order valence-corrected chi connectivity index (χ2v) is 9.93. The molecule has 34 heavy (non-hydrogen) atoms. The van der Waals surface area contributed by atoms with Gasteiger partial charge in [-0.25, -0.2) is 0 Å². The Hall–Kier alpha value is -2.08. The number of carbonyl (C=O) groups excluding carboxylic acids is 2. The zero-order chi connectivity index (χ0) is 24.7. The number of nitrogens with zero attached hydrogens (tertiary/aromatic N) is 1. The second kappa shape index (κ2) is 7.71. The summed E-state index contributed by atoms with van der Waals surface area (Å²) < 4.78 is 16.5. The molecule has 10 heteroatoms. The van der Waals surface area contributed by atoms with E-state index in [1.54, 1.807) is 19.9 Å². The number of likely N-dealkylation sites (N-methyl/N-ethyl adjacent to an activating group) is 1. The normalized spacial score (nSPS) is 41.9. The lowest BCUT2D eigenvalue weighted by Gasteiger charge is -2.43. The van der Waals surface area contributed by atoms with Gasteiger partial charge in [0.15, 0.2) is 11.2 Å². The first-order chi connectivity index (χ1) is 16.0. The van der Waals surface area contributed by atoms with Gasteiger partial charge in [0.2, 0.25) is 5.78 Å². The standard InChI is InChI=1S/C24H31NO9/c1-10(26)13-6-7-14(25(13)3)12-5-8-15(27)19-18(12)21(30)24-20(29)16(9-17(28)32-4)33-11(2)23(24,34-24)22(19)31/h5,8,10-11,13-14,16,20,22,26-27,29,31H,6-7,9H2,1-4H3/t10-,11+,13+,14+,16+,20-,22-,23?,24?/m0/s1. The van der Waals surface area contributed by atoms with E-state index < -0.39 is 53.5 Å². The summed E-state index contributed by atoms with van der Waals surface area (Å²) in [6.45, 7) is 3.33. The molecule has 0 amide bonds. The molecule has 0 bridgehead atoms. The van der Waals surface area contributed by atoms with Gasteiger partial charge in [0.1, 0.15) is 18.0 Å². The van der Waals surface area contributed by atoms with Crippen LogP contribution < -0.4 is 0 Å². The van der Waals surface area contributed by atoms with Gasteiger partial charge >= 0.3 is 5.97 Å². The van der Waals surface area contributed by atoms with Crippen molar-refractivity contribution in [3.05, 3.63) is 28.8 Å². The van der Waals surface area contributed by atoms with E-state index in [0.717, 1.165) is 0 Å². The average Bonchev–Trinajstić information content (AvgIpc) is 3.41. The molecule has 4 aliphatic rings. The number of methoxy groups -OCH3 is 1. The van der Waals surface area contributed by atoms with E-state index in [-0.39, 0.29) is 35.4 Å². The number of fused-ring (bicyclic) bond motifs is 1. The van der Waals surface area contributed by atoms with Crippen LogP contribution in [0.15, 0.2) is 12.1 Å². The smallest absolute Gasteiger partial charge is 0.308 e. The van der Waals surface area contributed by atoms with Crippen molar-refractivity contribution in [1.29, 1.82) is 0 Å². The highest BCUT2D eigenvalue weighted by Gasteiger charge is 2.88. The maximum absolute atomic E-state index is 14.1. The van der Waals surface area contributed by atoms with Gasteiger partial charge in [-0.2, -0.15) is 0 Å². The van der Waals surface area contributed by atoms with Gasteiger partial charge in [-0.1, -0.05) is 6.07 Å². The molecule has 9 atom stereocenters. The van der Waals surface area contributed by atoms with E-state index in [9.17, 15) is 30.0 Å². The number of aliphatic hydroxyl groups excluding tert-OH is 3. The third-order valence-corrected chi connectivity index (χ3v) is 8.38. The average molecular weight is 478 g/mol. The molecule has 10 nitrogen and oxygen atoms in total. The molecule has 1 aromatic rings. The molecule has 0 spiro atoms. The minimum absolute atomic E-state index is 0.0542. The zero-order valence-corrected chi connectivity index (χ0v) is 19.6. The van der Waals surface area contributed by atoms with Crippen molar-refractivity contribution < 1.29 is 44.2 Å². The summed E-state index contributed by atoms with van der Waals surface area (Å²) in [4.78, 5) is 28.0. The number of epoxide rings is 1. The minimum Gasteiger partial charge on any atom is -0.508 e. The molecule has 3 aliphatic heterocycles. The maximum Gasteiger partial charge on any atom is 0.308 e. The van der Waals surface area contributed by atoms with E-state index in [0.29, 0.717) is 18.4 Å². The van der Waals surface area contributed by atoms with Crippen LogP contribution in [0, 0.1) is 0 Å². The number of aromatic hydroxyl groups is 1. The van der Waals surface area contributed by atoms with Crippen LogP contribution in [0.1, 0.15) is 66.7 Å². The Balaban J connectivity index is 1.62. The molecule has 1 aromatic carbocycles. The number of hydrogen-bond donors (Lipinski definition) is 4. The van der Waals surface area contributed by atoms with Crippen molar-refractivity contribution in [2.45, 2.75) is 86.9 Å². The van der Waals surface area contributed by atoms with Crippen molar-refractivity contribution in [3.8, 4) is 5.75 Å². The number of Topliss-reactive ketones (excluding diaryl/α,β-unsaturated/α-hetero) is 1. The molecule has 5 rings (SSSR count). The summed E-state index contributed by atoms with van der Waals surface area (Å²) in [7, 11) is 3.09. The quantitative estimate of drug-likeness (QED) is 0.354. The largest absolute Gasteiger partial charge is 0.508 e. The Bertz CT molecular complexity index is 1040. The highest BCUT2D eigenvalue weighted by Crippen LogP contribution is 2.68. The number of rotatable bonds is 4. The number of aliphatic hydroxyl groups is 3.